The average molecular weight is 358 g/mol. The molecule has 3 N–H and O–H groups in total. The van der Waals surface area contributed by atoms with Crippen LogP contribution >= 0.6 is 0 Å². The highest BCUT2D eigenvalue weighted by molar-refractivity contribution is 5.88. The van der Waals surface area contributed by atoms with Crippen LogP contribution in [0.2, 0.25) is 0 Å². The van der Waals surface area contributed by atoms with Gasteiger partial charge in [0.25, 0.3) is 0 Å². The van der Waals surface area contributed by atoms with E-state index in [-0.39, 0.29) is 5.91 Å². The van der Waals surface area contributed by atoms with Crippen molar-refractivity contribution in [1.29, 1.82) is 0 Å². The highest BCUT2D eigenvalue weighted by Crippen LogP contribution is 2.17. The highest BCUT2D eigenvalue weighted by Gasteiger charge is 2.07. The third-order valence-electron chi connectivity index (χ3n) is 4.86. The number of carbonyl (C=O) groups excluding carboxylic acids is 1. The number of nitrogens with one attached hydrogen (secondary N) is 3. The van der Waals surface area contributed by atoms with Crippen LogP contribution in [-0.2, 0) is 11.2 Å². The molecule has 4 heteroatoms. The number of unbranched alkanes of at least 4 members (excludes halogenated alkanes) is 7. The lowest BCUT2D eigenvalue weighted by Gasteiger charge is -2.07. The smallest absolute Gasteiger partial charge is 0.224 e. The molecule has 0 atom stereocenters. The van der Waals surface area contributed by atoms with Crippen molar-refractivity contribution in [3.05, 3.63) is 36.0 Å². The Morgan fingerprint density at radius 3 is 2.46 bits per heavy atom. The third-order valence-corrected chi connectivity index (χ3v) is 4.86. The summed E-state index contributed by atoms with van der Waals surface area (Å²) in [5.74, 6) is 0.0867. The summed E-state index contributed by atoms with van der Waals surface area (Å²) in [5.41, 5.74) is 2.15. The fourth-order valence-corrected chi connectivity index (χ4v) is 3.31. The van der Waals surface area contributed by atoms with Crippen LogP contribution in [0, 0.1) is 0 Å². The van der Waals surface area contributed by atoms with Gasteiger partial charge in [-0.05, 0) is 24.6 Å². The predicted molar refractivity (Wildman–Crippen MR) is 110 cm³/mol. The van der Waals surface area contributed by atoms with E-state index in [4.69, 9.17) is 0 Å². The molecule has 0 aliphatic carbocycles. The van der Waals surface area contributed by atoms with Crippen LogP contribution in [0.15, 0.2) is 30.5 Å². The third kappa shape index (κ3) is 7.61. The van der Waals surface area contributed by atoms with Gasteiger partial charge in [0, 0.05) is 30.2 Å². The van der Waals surface area contributed by atoms with Crippen molar-refractivity contribution in [3.8, 4) is 0 Å². The second kappa shape index (κ2) is 12.5. The van der Waals surface area contributed by atoms with Gasteiger partial charge in [-0.25, -0.2) is 0 Å². The number of hydrogen-bond acceptors (Lipinski definition) is 2. The van der Waals surface area contributed by atoms with E-state index in [1.165, 1.54) is 51.4 Å². The lowest BCUT2D eigenvalue weighted by Crippen LogP contribution is -2.33. The zero-order valence-corrected chi connectivity index (χ0v) is 16.3. The number of benzene rings is 1. The fourth-order valence-electron chi connectivity index (χ4n) is 3.31. The Bertz CT molecular complexity index is 635. The van der Waals surface area contributed by atoms with Crippen molar-refractivity contribution in [2.75, 3.05) is 19.6 Å². The van der Waals surface area contributed by atoms with Gasteiger partial charge in [-0.15, -0.1) is 0 Å². The van der Waals surface area contributed by atoms with E-state index in [1.54, 1.807) is 0 Å². The monoisotopic (exact) mass is 357 g/mol. The Labute approximate surface area is 158 Å². The number of para-hydroxylation sites is 1. The number of carbonyl (C=O) groups is 1. The van der Waals surface area contributed by atoms with Crippen molar-refractivity contribution in [2.24, 2.45) is 0 Å². The summed E-state index contributed by atoms with van der Waals surface area (Å²) in [6.45, 7) is 4.85. The molecule has 0 radical (unpaired) electrons. The first-order valence-corrected chi connectivity index (χ1v) is 10.3. The first-order valence-electron chi connectivity index (χ1n) is 10.3. The molecule has 2 rings (SSSR count). The van der Waals surface area contributed by atoms with Crippen LogP contribution in [0.5, 0.6) is 0 Å². The maximum absolute atomic E-state index is 12.1. The van der Waals surface area contributed by atoms with Crippen LogP contribution in [0.25, 0.3) is 10.9 Å². The maximum Gasteiger partial charge on any atom is 0.224 e. The minimum Gasteiger partial charge on any atom is -0.361 e. The van der Waals surface area contributed by atoms with E-state index in [2.05, 4.69) is 28.6 Å². The molecule has 0 bridgehead atoms. The number of rotatable bonds is 14. The molecule has 144 valence electrons. The summed E-state index contributed by atoms with van der Waals surface area (Å²) in [6, 6.07) is 8.10. The molecule has 0 saturated carbocycles. The molecule has 1 aromatic heterocycles. The first-order chi connectivity index (χ1) is 12.8. The van der Waals surface area contributed by atoms with Crippen LogP contribution in [0.4, 0.5) is 0 Å². The zero-order chi connectivity index (χ0) is 18.5. The maximum atomic E-state index is 12.1. The zero-order valence-electron chi connectivity index (χ0n) is 16.3. The number of aromatic amines is 1. The summed E-state index contributed by atoms with van der Waals surface area (Å²) in [6.07, 6.45) is 13.1. The van der Waals surface area contributed by atoms with Gasteiger partial charge < -0.3 is 15.6 Å². The first kappa shape index (κ1) is 20.5. The number of fused-ring (bicyclic) bond motifs is 1. The van der Waals surface area contributed by atoms with Gasteiger partial charge in [0.1, 0.15) is 0 Å². The van der Waals surface area contributed by atoms with Crippen molar-refractivity contribution >= 4 is 16.8 Å². The van der Waals surface area contributed by atoms with Gasteiger partial charge in [-0.1, -0.05) is 70.1 Å². The molecular weight excluding hydrogens is 322 g/mol. The number of amides is 1. The van der Waals surface area contributed by atoms with Gasteiger partial charge in [-0.2, -0.15) is 0 Å². The normalized spacial score (nSPS) is 11.1. The summed E-state index contributed by atoms with van der Waals surface area (Å²) in [7, 11) is 0. The average Bonchev–Trinajstić information content (AvgIpc) is 3.05. The summed E-state index contributed by atoms with van der Waals surface area (Å²) in [4.78, 5) is 15.3. The highest BCUT2D eigenvalue weighted by atomic mass is 16.1. The Morgan fingerprint density at radius 2 is 1.65 bits per heavy atom. The SMILES string of the molecule is CCCCCCCCCCNCCNC(=O)Cc1c[nH]c2ccccc12. The Balaban J connectivity index is 1.45. The minimum atomic E-state index is 0.0867. The van der Waals surface area contributed by atoms with E-state index in [0.29, 0.717) is 13.0 Å². The van der Waals surface area contributed by atoms with Gasteiger partial charge in [-0.3, -0.25) is 4.79 Å². The Hall–Kier alpha value is -1.81. The van der Waals surface area contributed by atoms with Gasteiger partial charge in [0.05, 0.1) is 6.42 Å². The molecule has 1 heterocycles. The van der Waals surface area contributed by atoms with Crippen LogP contribution < -0.4 is 10.6 Å². The van der Waals surface area contributed by atoms with E-state index in [9.17, 15) is 4.79 Å². The predicted octanol–water partition coefficient (Wildman–Crippen LogP) is 4.56. The molecule has 2 aromatic rings. The second-order valence-corrected chi connectivity index (χ2v) is 7.11. The molecule has 0 spiro atoms. The number of hydrogen-bond donors (Lipinski definition) is 3. The Kier molecular flexibility index (Phi) is 9.88. The molecule has 1 amide bonds. The van der Waals surface area contributed by atoms with E-state index in [1.807, 2.05) is 24.4 Å². The molecule has 0 aliphatic rings. The minimum absolute atomic E-state index is 0.0867. The topological polar surface area (TPSA) is 56.9 Å². The van der Waals surface area contributed by atoms with Gasteiger partial charge >= 0.3 is 0 Å². The van der Waals surface area contributed by atoms with Gasteiger partial charge in [0.15, 0.2) is 0 Å². The van der Waals surface area contributed by atoms with Crippen molar-refractivity contribution in [3.63, 3.8) is 0 Å². The number of H-pyrrole nitrogens is 1. The van der Waals surface area contributed by atoms with Gasteiger partial charge in [0.2, 0.25) is 5.91 Å². The van der Waals surface area contributed by atoms with Crippen molar-refractivity contribution < 1.29 is 4.79 Å². The van der Waals surface area contributed by atoms with Crippen LogP contribution in [-0.4, -0.2) is 30.5 Å². The van der Waals surface area contributed by atoms with E-state index >= 15 is 0 Å². The van der Waals surface area contributed by atoms with E-state index < -0.39 is 0 Å². The molecule has 0 aliphatic heterocycles. The summed E-state index contributed by atoms with van der Waals surface area (Å²) < 4.78 is 0. The summed E-state index contributed by atoms with van der Waals surface area (Å²) >= 11 is 0. The molecule has 0 saturated heterocycles. The molecule has 26 heavy (non-hydrogen) atoms. The molecule has 4 nitrogen and oxygen atoms in total. The second-order valence-electron chi connectivity index (χ2n) is 7.11. The fraction of sp³-hybridized carbons (Fsp3) is 0.591. The number of aromatic nitrogens is 1. The van der Waals surface area contributed by atoms with Crippen molar-refractivity contribution in [2.45, 2.75) is 64.7 Å². The quantitative estimate of drug-likeness (QED) is 0.434. The lowest BCUT2D eigenvalue weighted by molar-refractivity contribution is -0.120. The standard InChI is InChI=1S/C22H35N3O/c1-2-3-4-5-6-7-8-11-14-23-15-16-24-22(26)17-19-18-25-21-13-10-9-12-20(19)21/h9-10,12-13,18,23,25H,2-8,11,14-17H2,1H3,(H,24,26). The largest absolute Gasteiger partial charge is 0.361 e. The van der Waals surface area contributed by atoms with E-state index in [0.717, 1.165) is 29.6 Å². The van der Waals surface area contributed by atoms with Crippen LogP contribution in [0.3, 0.4) is 0 Å². The van der Waals surface area contributed by atoms with Crippen LogP contribution in [0.1, 0.15) is 63.9 Å². The molecule has 1 aromatic carbocycles. The Morgan fingerprint density at radius 1 is 0.923 bits per heavy atom. The molecule has 0 unspecified atom stereocenters. The molecular formula is C22H35N3O. The summed E-state index contributed by atoms with van der Waals surface area (Å²) in [5, 5.41) is 7.56. The van der Waals surface area contributed by atoms with Crippen molar-refractivity contribution in [1.82, 2.24) is 15.6 Å². The lowest BCUT2D eigenvalue weighted by atomic mass is 10.1. The molecule has 0 fully saturated rings.